The molecule has 1 unspecified atom stereocenters. The summed E-state index contributed by atoms with van der Waals surface area (Å²) in [7, 11) is 0. The van der Waals surface area contributed by atoms with Crippen LogP contribution in [-0.4, -0.2) is 57.8 Å². The molecule has 5 nitrogen and oxygen atoms in total. The summed E-state index contributed by atoms with van der Waals surface area (Å²) in [4.78, 5) is 0. The number of rotatable bonds is 3. The summed E-state index contributed by atoms with van der Waals surface area (Å²) < 4.78 is 16.8. The molecule has 4 atom stereocenters. The Hall–Kier alpha value is -0.270. The fourth-order valence-electron chi connectivity index (χ4n) is 1.35. The van der Waals surface area contributed by atoms with E-state index in [4.69, 9.17) is 10.2 Å². The Kier molecular flexibility index (Phi) is 3.20. The first-order valence-corrected chi connectivity index (χ1v) is 3.95. The van der Waals surface area contributed by atoms with E-state index in [-0.39, 0.29) is 6.42 Å². The van der Waals surface area contributed by atoms with Crippen molar-refractivity contribution >= 4 is 0 Å². The van der Waals surface area contributed by atoms with Gasteiger partial charge in [0, 0.05) is 6.42 Å². The molecule has 1 aliphatic rings. The van der Waals surface area contributed by atoms with Crippen LogP contribution < -0.4 is 0 Å². The van der Waals surface area contributed by atoms with Crippen molar-refractivity contribution in [1.29, 1.82) is 0 Å². The van der Waals surface area contributed by atoms with Gasteiger partial charge in [0.05, 0.1) is 12.7 Å². The molecule has 0 aliphatic carbocycles. The zero-order valence-corrected chi connectivity index (χ0v) is 6.93. The van der Waals surface area contributed by atoms with Crippen LogP contribution in [0.25, 0.3) is 0 Å². The number of aliphatic hydroxyl groups excluding tert-OH is 3. The topological polar surface area (TPSA) is 90.2 Å². The fraction of sp³-hybridized carbons (Fsp3) is 1.00. The highest BCUT2D eigenvalue weighted by Gasteiger charge is 2.47. The van der Waals surface area contributed by atoms with Gasteiger partial charge in [-0.25, -0.2) is 4.39 Å². The van der Waals surface area contributed by atoms with Gasteiger partial charge in [0.25, 0.3) is 0 Å². The maximum absolute atomic E-state index is 12.2. The van der Waals surface area contributed by atoms with Crippen molar-refractivity contribution in [3.05, 3.63) is 0 Å². The molecule has 0 radical (unpaired) electrons. The maximum atomic E-state index is 12.2. The van der Waals surface area contributed by atoms with Crippen molar-refractivity contribution in [3.8, 4) is 0 Å². The summed E-state index contributed by atoms with van der Waals surface area (Å²) in [6, 6.07) is 0. The van der Waals surface area contributed by atoms with Gasteiger partial charge >= 0.3 is 0 Å². The number of hydrogen-bond donors (Lipinski definition) is 4. The molecule has 4 N–H and O–H groups in total. The van der Waals surface area contributed by atoms with Gasteiger partial charge in [-0.3, -0.25) is 0 Å². The Balaban J connectivity index is 2.61. The van der Waals surface area contributed by atoms with Gasteiger partial charge in [0.15, 0.2) is 5.79 Å². The van der Waals surface area contributed by atoms with Crippen LogP contribution >= 0.6 is 0 Å². The molecule has 1 aliphatic heterocycles. The normalized spacial score (nSPS) is 42.2. The number of ether oxygens (including phenoxy) is 1. The predicted molar refractivity (Wildman–Crippen MR) is 39.5 cm³/mol. The van der Waals surface area contributed by atoms with Crippen LogP contribution in [-0.2, 0) is 4.74 Å². The molecule has 6 heteroatoms. The van der Waals surface area contributed by atoms with Crippen molar-refractivity contribution < 1.29 is 29.6 Å². The molecule has 1 saturated heterocycles. The van der Waals surface area contributed by atoms with Crippen molar-refractivity contribution in [2.75, 3.05) is 13.3 Å². The zero-order valence-electron chi connectivity index (χ0n) is 6.93. The van der Waals surface area contributed by atoms with Gasteiger partial charge in [-0.2, -0.15) is 0 Å². The lowest BCUT2D eigenvalue weighted by Crippen LogP contribution is -2.38. The molecule has 0 bridgehead atoms. The summed E-state index contributed by atoms with van der Waals surface area (Å²) in [5.41, 5.74) is 0. The Labute approximate surface area is 74.4 Å². The van der Waals surface area contributed by atoms with Crippen LogP contribution in [0.5, 0.6) is 0 Å². The second-order valence-electron chi connectivity index (χ2n) is 3.18. The Morgan fingerprint density at radius 3 is 2.62 bits per heavy atom. The van der Waals surface area contributed by atoms with Crippen LogP contribution in [0, 0.1) is 0 Å². The van der Waals surface area contributed by atoms with Crippen molar-refractivity contribution in [3.63, 3.8) is 0 Å². The quantitative estimate of drug-likeness (QED) is 0.425. The van der Waals surface area contributed by atoms with E-state index in [9.17, 15) is 14.6 Å². The van der Waals surface area contributed by atoms with Gasteiger partial charge < -0.3 is 25.2 Å². The second kappa shape index (κ2) is 3.85. The Morgan fingerprint density at radius 1 is 1.62 bits per heavy atom. The average molecular weight is 196 g/mol. The highest BCUT2D eigenvalue weighted by molar-refractivity contribution is 4.90. The number of alkyl halides is 1. The summed E-state index contributed by atoms with van der Waals surface area (Å²) in [5, 5.41) is 36.1. The first-order chi connectivity index (χ1) is 6.02. The molecule has 1 rings (SSSR count). The molecule has 0 amide bonds. The molecular weight excluding hydrogens is 183 g/mol. The molecule has 0 aromatic rings. The van der Waals surface area contributed by atoms with E-state index in [1.165, 1.54) is 0 Å². The molecule has 0 saturated carbocycles. The number of aliphatic hydroxyl groups is 4. The highest BCUT2D eigenvalue weighted by atomic mass is 19.1. The average Bonchev–Trinajstić information content (AvgIpc) is 2.42. The highest BCUT2D eigenvalue weighted by Crippen LogP contribution is 2.30. The van der Waals surface area contributed by atoms with E-state index in [2.05, 4.69) is 4.74 Å². The minimum absolute atomic E-state index is 0.300. The lowest BCUT2D eigenvalue weighted by molar-refractivity contribution is -0.218. The van der Waals surface area contributed by atoms with Crippen molar-refractivity contribution in [2.24, 2.45) is 0 Å². The lowest BCUT2D eigenvalue weighted by Gasteiger charge is -2.21. The van der Waals surface area contributed by atoms with E-state index in [1.807, 2.05) is 0 Å². The summed E-state index contributed by atoms with van der Waals surface area (Å²) in [6.07, 6.45) is -3.91. The summed E-state index contributed by atoms with van der Waals surface area (Å²) in [6.45, 7) is -1.76. The van der Waals surface area contributed by atoms with Gasteiger partial charge in [0.1, 0.15) is 18.9 Å². The zero-order chi connectivity index (χ0) is 10.1. The van der Waals surface area contributed by atoms with E-state index in [1.54, 1.807) is 0 Å². The predicted octanol–water partition coefficient (Wildman–Crippen LogP) is -1.85. The van der Waals surface area contributed by atoms with E-state index < -0.39 is 37.4 Å². The van der Waals surface area contributed by atoms with E-state index in [0.29, 0.717) is 0 Å². The van der Waals surface area contributed by atoms with Gasteiger partial charge in [0.2, 0.25) is 0 Å². The third-order valence-electron chi connectivity index (χ3n) is 2.04. The molecule has 0 aromatic heterocycles. The molecule has 78 valence electrons. The van der Waals surface area contributed by atoms with Crippen LogP contribution in [0.15, 0.2) is 0 Å². The molecule has 0 aromatic carbocycles. The Bertz CT molecular complexity index is 178. The monoisotopic (exact) mass is 196 g/mol. The van der Waals surface area contributed by atoms with Gasteiger partial charge in [-0.05, 0) is 0 Å². The van der Waals surface area contributed by atoms with Gasteiger partial charge in [-0.1, -0.05) is 0 Å². The van der Waals surface area contributed by atoms with E-state index >= 15 is 0 Å². The largest absolute Gasteiger partial charge is 0.394 e. The van der Waals surface area contributed by atoms with Crippen molar-refractivity contribution in [2.45, 2.75) is 30.5 Å². The van der Waals surface area contributed by atoms with Crippen LogP contribution in [0.1, 0.15) is 6.42 Å². The third kappa shape index (κ3) is 2.15. The molecule has 13 heavy (non-hydrogen) atoms. The minimum atomic E-state index is -2.03. The third-order valence-corrected chi connectivity index (χ3v) is 2.04. The van der Waals surface area contributed by atoms with E-state index in [0.717, 1.165) is 0 Å². The Morgan fingerprint density at radius 2 is 2.23 bits per heavy atom. The fourth-order valence-corrected chi connectivity index (χ4v) is 1.35. The minimum Gasteiger partial charge on any atom is -0.394 e. The van der Waals surface area contributed by atoms with Crippen LogP contribution in [0.3, 0.4) is 0 Å². The number of hydrogen-bond acceptors (Lipinski definition) is 5. The van der Waals surface area contributed by atoms with Crippen molar-refractivity contribution in [1.82, 2.24) is 0 Å². The van der Waals surface area contributed by atoms with Crippen LogP contribution in [0.4, 0.5) is 4.39 Å². The standard InChI is InChI=1S/C7H13FO5/c8-3-7(12)1-4(10)6(13-7)5(11)2-9/h4-6,9-12H,1-3H2/t4-,5?,6-,7-/m1/s1. The number of halogens is 1. The summed E-state index contributed by atoms with van der Waals surface area (Å²) >= 11 is 0. The molecule has 0 spiro atoms. The maximum Gasteiger partial charge on any atom is 0.197 e. The second-order valence-corrected chi connectivity index (χ2v) is 3.18. The molecule has 1 heterocycles. The lowest BCUT2D eigenvalue weighted by atomic mass is 10.1. The van der Waals surface area contributed by atoms with Gasteiger partial charge in [-0.15, -0.1) is 0 Å². The van der Waals surface area contributed by atoms with Crippen LogP contribution in [0.2, 0.25) is 0 Å². The summed E-state index contributed by atoms with van der Waals surface area (Å²) in [5.74, 6) is -2.03. The first-order valence-electron chi connectivity index (χ1n) is 3.95. The first kappa shape index (κ1) is 10.8. The molecular formula is C7H13FO5. The SMILES string of the molecule is OCC(O)[C@@H]1O[C@@](O)(CF)C[C@H]1O. The smallest absolute Gasteiger partial charge is 0.197 e. The molecule has 1 fully saturated rings.